The molecule has 1 heterocycles. The minimum absolute atomic E-state index is 0.120. The first-order valence-electron chi connectivity index (χ1n) is 11.1. The number of rotatable bonds is 7. The summed E-state index contributed by atoms with van der Waals surface area (Å²) in [5, 5.41) is 0. The summed E-state index contributed by atoms with van der Waals surface area (Å²) in [4.78, 5) is 24.6. The highest BCUT2D eigenvalue weighted by molar-refractivity contribution is 5.93. The topological polar surface area (TPSA) is 65.7 Å². The lowest BCUT2D eigenvalue weighted by Gasteiger charge is -2.38. The third-order valence-corrected chi connectivity index (χ3v) is 6.68. The summed E-state index contributed by atoms with van der Waals surface area (Å²) in [5.74, 6) is -0.376. The summed E-state index contributed by atoms with van der Waals surface area (Å²) in [5.41, 5.74) is 2.06. The van der Waals surface area contributed by atoms with Crippen LogP contribution in [0.25, 0.3) is 0 Å². The van der Waals surface area contributed by atoms with E-state index in [4.69, 9.17) is 13.9 Å². The summed E-state index contributed by atoms with van der Waals surface area (Å²) in [6.07, 6.45) is 12.4. The molecule has 5 nitrogen and oxygen atoms in total. The third kappa shape index (κ3) is 6.46. The molecule has 0 amide bonds. The van der Waals surface area contributed by atoms with Gasteiger partial charge in [0, 0.05) is 5.56 Å². The normalized spacial score (nSPS) is 25.1. The molecule has 0 saturated heterocycles. The van der Waals surface area contributed by atoms with Crippen LogP contribution in [0, 0.1) is 17.3 Å². The molecule has 4 atom stereocenters. The van der Waals surface area contributed by atoms with Crippen molar-refractivity contribution in [1.29, 1.82) is 0 Å². The van der Waals surface area contributed by atoms with Gasteiger partial charge in [0.1, 0.15) is 6.10 Å². The molecule has 170 valence electrons. The molecule has 1 aromatic rings. The fourth-order valence-electron chi connectivity index (χ4n) is 3.83. The van der Waals surface area contributed by atoms with Crippen molar-refractivity contribution in [1.82, 2.24) is 0 Å². The first-order chi connectivity index (χ1) is 14.7. The Hall–Kier alpha value is -2.56. The van der Waals surface area contributed by atoms with E-state index in [1.165, 1.54) is 7.11 Å². The lowest BCUT2D eigenvalue weighted by Crippen LogP contribution is -2.30. The predicted molar refractivity (Wildman–Crippen MR) is 121 cm³/mol. The number of hydrogen-bond acceptors (Lipinski definition) is 5. The fourth-order valence-corrected chi connectivity index (χ4v) is 3.83. The predicted octanol–water partition coefficient (Wildman–Crippen LogP) is 6.34. The van der Waals surface area contributed by atoms with E-state index in [-0.39, 0.29) is 29.4 Å². The standard InChI is InChI=1S/C26H36O5/c1-7-18(2)24(27)31-23(21-13-15-30-17-21)16-26(5)14-9-8-10-22(25(28)29-6)19(3)11-12-20(26)4/h8-10,13,15,17-18,20,23H,3,7,11-12,14,16H2,1-2,4-6H3/b9-8-,22-10?/t18-,20-,23-,26+/m1/s1. The molecule has 0 radical (unpaired) electrons. The number of carbonyl (C=O) groups is 2. The molecule has 31 heavy (non-hydrogen) atoms. The zero-order chi connectivity index (χ0) is 23.0. The van der Waals surface area contributed by atoms with E-state index < -0.39 is 0 Å². The Kier molecular flexibility index (Phi) is 8.90. The average Bonchev–Trinajstić information content (AvgIpc) is 3.30. The maximum atomic E-state index is 12.6. The van der Waals surface area contributed by atoms with Gasteiger partial charge in [0.2, 0.25) is 0 Å². The zero-order valence-corrected chi connectivity index (χ0v) is 19.5. The molecule has 1 aliphatic carbocycles. The van der Waals surface area contributed by atoms with E-state index in [1.54, 1.807) is 18.6 Å². The highest BCUT2D eigenvalue weighted by atomic mass is 16.5. The fraction of sp³-hybridized carbons (Fsp3) is 0.538. The Bertz CT molecular complexity index is 817. The van der Waals surface area contributed by atoms with E-state index in [1.807, 2.05) is 26.0 Å². The number of allylic oxidation sites excluding steroid dienone is 3. The van der Waals surface area contributed by atoms with Crippen LogP contribution in [0.1, 0.15) is 71.5 Å². The summed E-state index contributed by atoms with van der Waals surface area (Å²) < 4.78 is 16.1. The highest BCUT2D eigenvalue weighted by Gasteiger charge is 2.36. The Morgan fingerprint density at radius 2 is 2.13 bits per heavy atom. The van der Waals surface area contributed by atoms with Crippen molar-refractivity contribution in [2.45, 2.75) is 65.9 Å². The van der Waals surface area contributed by atoms with Crippen molar-refractivity contribution in [3.63, 3.8) is 0 Å². The number of furan rings is 1. The Morgan fingerprint density at radius 3 is 2.74 bits per heavy atom. The lowest BCUT2D eigenvalue weighted by atomic mass is 9.68. The van der Waals surface area contributed by atoms with Crippen LogP contribution in [0.5, 0.6) is 0 Å². The number of hydrogen-bond donors (Lipinski definition) is 0. The Morgan fingerprint density at radius 1 is 1.39 bits per heavy atom. The molecule has 0 unspecified atom stereocenters. The second-order valence-electron chi connectivity index (χ2n) is 8.90. The summed E-state index contributed by atoms with van der Waals surface area (Å²) in [7, 11) is 1.38. The first-order valence-corrected chi connectivity index (χ1v) is 11.1. The van der Waals surface area contributed by atoms with Gasteiger partial charge in [0.25, 0.3) is 0 Å². The Labute approximate surface area is 186 Å². The molecule has 1 aliphatic rings. The van der Waals surface area contributed by atoms with Crippen molar-refractivity contribution in [3.05, 3.63) is 60.1 Å². The van der Waals surface area contributed by atoms with Gasteiger partial charge in [-0.3, -0.25) is 4.79 Å². The molecule has 0 saturated carbocycles. The van der Waals surface area contributed by atoms with Gasteiger partial charge in [-0.25, -0.2) is 4.79 Å². The third-order valence-electron chi connectivity index (χ3n) is 6.68. The van der Waals surface area contributed by atoms with Crippen molar-refractivity contribution < 1.29 is 23.5 Å². The summed E-state index contributed by atoms with van der Waals surface area (Å²) >= 11 is 0. The average molecular weight is 429 g/mol. The van der Waals surface area contributed by atoms with Crippen LogP contribution >= 0.6 is 0 Å². The molecular formula is C26H36O5. The molecule has 0 aromatic carbocycles. The van der Waals surface area contributed by atoms with Crippen LogP contribution in [-0.4, -0.2) is 19.0 Å². The first kappa shape index (κ1) is 24.7. The lowest BCUT2D eigenvalue weighted by molar-refractivity contribution is -0.156. The van der Waals surface area contributed by atoms with Gasteiger partial charge in [0.05, 0.1) is 31.1 Å². The number of methoxy groups -OCH3 is 1. The van der Waals surface area contributed by atoms with Gasteiger partial charge in [-0.05, 0) is 61.2 Å². The monoisotopic (exact) mass is 428 g/mol. The van der Waals surface area contributed by atoms with Crippen LogP contribution in [0.15, 0.2) is 59.0 Å². The van der Waals surface area contributed by atoms with Gasteiger partial charge < -0.3 is 13.9 Å². The largest absolute Gasteiger partial charge is 0.472 e. The van der Waals surface area contributed by atoms with Gasteiger partial charge in [0.15, 0.2) is 0 Å². The molecular weight excluding hydrogens is 392 g/mol. The SMILES string of the molecule is C=C1CC[C@@H](C)[C@](C)(C[C@@H](OC(=O)[C@H](C)CC)c2ccoc2)C/C=C\C=C1C(=O)OC. The molecule has 2 rings (SSSR count). The molecule has 0 fully saturated rings. The number of ether oxygens (including phenoxy) is 2. The van der Waals surface area contributed by atoms with Crippen molar-refractivity contribution in [2.24, 2.45) is 17.3 Å². The molecule has 0 bridgehead atoms. The summed E-state index contributed by atoms with van der Waals surface area (Å²) in [6, 6.07) is 1.87. The second kappa shape index (κ2) is 11.2. The van der Waals surface area contributed by atoms with E-state index in [0.717, 1.165) is 30.4 Å². The van der Waals surface area contributed by atoms with Crippen molar-refractivity contribution in [2.75, 3.05) is 7.11 Å². The van der Waals surface area contributed by atoms with E-state index >= 15 is 0 Å². The molecule has 0 aliphatic heterocycles. The van der Waals surface area contributed by atoms with Crippen LogP contribution in [0.2, 0.25) is 0 Å². The van der Waals surface area contributed by atoms with Crippen LogP contribution in [0.3, 0.4) is 0 Å². The maximum absolute atomic E-state index is 12.6. The molecule has 1 aromatic heterocycles. The number of esters is 2. The van der Waals surface area contributed by atoms with E-state index in [9.17, 15) is 9.59 Å². The maximum Gasteiger partial charge on any atom is 0.338 e. The second-order valence-corrected chi connectivity index (χ2v) is 8.90. The van der Waals surface area contributed by atoms with Crippen LogP contribution in [0.4, 0.5) is 0 Å². The van der Waals surface area contributed by atoms with Crippen molar-refractivity contribution >= 4 is 11.9 Å². The van der Waals surface area contributed by atoms with Crippen LogP contribution in [-0.2, 0) is 19.1 Å². The number of carbonyl (C=O) groups excluding carboxylic acids is 2. The molecule has 0 N–H and O–H groups in total. The molecule has 0 spiro atoms. The Balaban J connectivity index is 2.29. The summed E-state index contributed by atoms with van der Waals surface area (Å²) in [6.45, 7) is 12.4. The van der Waals surface area contributed by atoms with Crippen LogP contribution < -0.4 is 0 Å². The van der Waals surface area contributed by atoms with Gasteiger partial charge in [-0.15, -0.1) is 0 Å². The minimum atomic E-state index is -0.367. The zero-order valence-electron chi connectivity index (χ0n) is 19.5. The minimum Gasteiger partial charge on any atom is -0.472 e. The van der Waals surface area contributed by atoms with Gasteiger partial charge in [-0.2, -0.15) is 0 Å². The van der Waals surface area contributed by atoms with E-state index in [0.29, 0.717) is 24.3 Å². The highest BCUT2D eigenvalue weighted by Crippen LogP contribution is 2.44. The smallest absolute Gasteiger partial charge is 0.338 e. The van der Waals surface area contributed by atoms with Gasteiger partial charge >= 0.3 is 11.9 Å². The molecule has 5 heteroatoms. The quantitative estimate of drug-likeness (QED) is 0.474. The van der Waals surface area contributed by atoms with Gasteiger partial charge in [-0.1, -0.05) is 46.4 Å². The van der Waals surface area contributed by atoms with Crippen molar-refractivity contribution in [3.8, 4) is 0 Å². The van der Waals surface area contributed by atoms with E-state index in [2.05, 4.69) is 26.5 Å².